The molecule has 0 radical (unpaired) electrons. The first-order chi connectivity index (χ1) is 14.8. The van der Waals surface area contributed by atoms with Gasteiger partial charge in [0.15, 0.2) is 0 Å². The highest BCUT2D eigenvalue weighted by molar-refractivity contribution is 5.77. The van der Waals surface area contributed by atoms with E-state index in [-0.39, 0.29) is 5.97 Å². The fraction of sp³-hybridized carbons (Fsp3) is 0.400. The van der Waals surface area contributed by atoms with Crippen molar-refractivity contribution in [2.75, 3.05) is 6.61 Å². The van der Waals surface area contributed by atoms with Crippen molar-refractivity contribution < 1.29 is 9.53 Å². The molecule has 0 saturated heterocycles. The quantitative estimate of drug-likeness (QED) is 0.278. The Morgan fingerprint density at radius 1 is 0.767 bits per heavy atom. The number of esters is 1. The molecule has 1 heterocycles. The van der Waals surface area contributed by atoms with Gasteiger partial charge in [-0.3, -0.25) is 4.79 Å². The van der Waals surface area contributed by atoms with E-state index < -0.39 is 0 Å². The smallest absolute Gasteiger partial charge is 0.305 e. The highest BCUT2D eigenvalue weighted by Crippen LogP contribution is 2.28. The molecule has 0 saturated carbocycles. The molecule has 2 aromatic carbocycles. The molecule has 0 amide bonds. The molecular weight excluding hydrogens is 374 g/mol. The summed E-state index contributed by atoms with van der Waals surface area (Å²) >= 11 is 0. The first kappa shape index (κ1) is 21.8. The summed E-state index contributed by atoms with van der Waals surface area (Å²) in [5.74, 6) is -0.0781. The molecule has 3 rings (SSSR count). The van der Waals surface area contributed by atoms with E-state index in [1.807, 2.05) is 48.1 Å². The van der Waals surface area contributed by atoms with Gasteiger partial charge in [0.1, 0.15) is 11.4 Å². The van der Waals surface area contributed by atoms with E-state index in [1.165, 1.54) is 6.42 Å². The number of benzene rings is 2. The van der Waals surface area contributed by atoms with Crippen LogP contribution in [0.2, 0.25) is 0 Å². The van der Waals surface area contributed by atoms with Crippen LogP contribution in [-0.4, -0.2) is 27.6 Å². The number of hydrogen-bond donors (Lipinski definition) is 0. The summed E-state index contributed by atoms with van der Waals surface area (Å²) in [5.41, 5.74) is 4.04. The van der Waals surface area contributed by atoms with E-state index in [2.05, 4.69) is 24.3 Å². The molecule has 0 atom stereocenters. The topological polar surface area (TPSA) is 57.0 Å². The molecule has 0 fully saturated rings. The van der Waals surface area contributed by atoms with Gasteiger partial charge in [0.2, 0.25) is 0 Å². The largest absolute Gasteiger partial charge is 0.466 e. The molecule has 0 aliphatic carbocycles. The maximum atomic E-state index is 11.3. The Bertz CT molecular complexity index is 834. The number of aromatic nitrogens is 3. The van der Waals surface area contributed by atoms with Crippen LogP contribution in [0, 0.1) is 0 Å². The molecule has 0 unspecified atom stereocenters. The van der Waals surface area contributed by atoms with E-state index in [1.54, 1.807) is 0 Å². The summed E-state index contributed by atoms with van der Waals surface area (Å²) in [6.07, 6.45) is 7.04. The minimum Gasteiger partial charge on any atom is -0.466 e. The summed E-state index contributed by atoms with van der Waals surface area (Å²) in [5, 5.41) is 9.59. The lowest BCUT2D eigenvalue weighted by molar-refractivity contribution is -0.143. The van der Waals surface area contributed by atoms with Gasteiger partial charge in [-0.1, -0.05) is 86.3 Å². The standard InChI is InChI=1S/C25H31N3O2/c1-2-30-23(29)19-13-5-3-4-6-14-20-28-26-24(21-15-9-7-10-16-21)25(27-28)22-17-11-8-12-18-22/h7-12,15-18H,2-6,13-14,19-20H2,1H3. The van der Waals surface area contributed by atoms with Gasteiger partial charge in [0, 0.05) is 17.5 Å². The number of ether oxygens (including phenoxy) is 1. The second-order valence-electron chi connectivity index (χ2n) is 7.40. The Balaban J connectivity index is 1.50. The first-order valence-electron chi connectivity index (χ1n) is 11.0. The first-order valence-corrected chi connectivity index (χ1v) is 11.0. The number of rotatable bonds is 12. The summed E-state index contributed by atoms with van der Waals surface area (Å²) in [6.45, 7) is 3.13. The van der Waals surface area contributed by atoms with Crippen molar-refractivity contribution in [2.24, 2.45) is 0 Å². The van der Waals surface area contributed by atoms with E-state index in [9.17, 15) is 4.79 Å². The van der Waals surface area contributed by atoms with E-state index in [0.29, 0.717) is 13.0 Å². The summed E-state index contributed by atoms with van der Waals surface area (Å²) in [7, 11) is 0. The zero-order chi connectivity index (χ0) is 21.0. The molecule has 0 bridgehead atoms. The normalized spacial score (nSPS) is 10.8. The lowest BCUT2D eigenvalue weighted by atomic mass is 10.1. The average molecular weight is 406 g/mol. The van der Waals surface area contributed by atoms with Gasteiger partial charge in [-0.2, -0.15) is 15.0 Å². The van der Waals surface area contributed by atoms with Crippen molar-refractivity contribution in [3.63, 3.8) is 0 Å². The van der Waals surface area contributed by atoms with Crippen LogP contribution in [0.4, 0.5) is 0 Å². The summed E-state index contributed by atoms with van der Waals surface area (Å²) in [4.78, 5) is 13.2. The average Bonchev–Trinajstić information content (AvgIpc) is 3.21. The number of carbonyl (C=O) groups is 1. The van der Waals surface area contributed by atoms with Gasteiger partial charge in [0.05, 0.1) is 13.2 Å². The molecule has 0 aliphatic heterocycles. The van der Waals surface area contributed by atoms with Crippen molar-refractivity contribution in [1.82, 2.24) is 15.0 Å². The van der Waals surface area contributed by atoms with Gasteiger partial charge in [-0.15, -0.1) is 0 Å². The Labute approximate surface area is 179 Å². The monoisotopic (exact) mass is 405 g/mol. The van der Waals surface area contributed by atoms with Crippen molar-refractivity contribution in [2.45, 2.75) is 58.4 Å². The summed E-state index contributed by atoms with van der Waals surface area (Å²) in [6, 6.07) is 20.5. The molecule has 3 aromatic rings. The van der Waals surface area contributed by atoms with Crippen LogP contribution in [-0.2, 0) is 16.1 Å². The van der Waals surface area contributed by atoms with Crippen LogP contribution in [0.5, 0.6) is 0 Å². The molecule has 0 N–H and O–H groups in total. The van der Waals surface area contributed by atoms with Gasteiger partial charge in [-0.05, 0) is 19.8 Å². The molecule has 30 heavy (non-hydrogen) atoms. The van der Waals surface area contributed by atoms with Crippen LogP contribution in [0.15, 0.2) is 60.7 Å². The van der Waals surface area contributed by atoms with Crippen molar-refractivity contribution >= 4 is 5.97 Å². The molecular formula is C25H31N3O2. The van der Waals surface area contributed by atoms with Gasteiger partial charge in [-0.25, -0.2) is 0 Å². The lowest BCUT2D eigenvalue weighted by Crippen LogP contribution is -2.03. The Kier molecular flexibility index (Phi) is 8.63. The third-order valence-corrected chi connectivity index (χ3v) is 5.04. The SMILES string of the molecule is CCOC(=O)CCCCCCCCn1nc(-c2ccccc2)c(-c2ccccc2)n1. The fourth-order valence-corrected chi connectivity index (χ4v) is 3.49. The number of carbonyl (C=O) groups excluding carboxylic acids is 1. The molecule has 1 aromatic heterocycles. The van der Waals surface area contributed by atoms with Gasteiger partial charge >= 0.3 is 5.97 Å². The minimum atomic E-state index is -0.0781. The van der Waals surface area contributed by atoms with E-state index in [4.69, 9.17) is 14.9 Å². The number of unbranched alkanes of at least 4 members (excludes halogenated alkanes) is 5. The summed E-state index contributed by atoms with van der Waals surface area (Å²) < 4.78 is 4.96. The highest BCUT2D eigenvalue weighted by atomic mass is 16.5. The molecule has 158 valence electrons. The molecule has 0 aliphatic rings. The minimum absolute atomic E-state index is 0.0781. The maximum Gasteiger partial charge on any atom is 0.305 e. The van der Waals surface area contributed by atoms with Crippen molar-refractivity contribution in [3.05, 3.63) is 60.7 Å². The maximum absolute atomic E-state index is 11.3. The van der Waals surface area contributed by atoms with Crippen molar-refractivity contribution in [1.29, 1.82) is 0 Å². The third-order valence-electron chi connectivity index (χ3n) is 5.04. The molecule has 0 spiro atoms. The van der Waals surface area contributed by atoms with Crippen LogP contribution in [0.3, 0.4) is 0 Å². The van der Waals surface area contributed by atoms with E-state index >= 15 is 0 Å². The predicted molar refractivity (Wildman–Crippen MR) is 120 cm³/mol. The molecule has 5 heteroatoms. The third kappa shape index (κ3) is 6.55. The second kappa shape index (κ2) is 11.9. The number of aryl methyl sites for hydroxylation is 1. The highest BCUT2D eigenvalue weighted by Gasteiger charge is 2.14. The Morgan fingerprint density at radius 2 is 1.27 bits per heavy atom. The number of hydrogen-bond acceptors (Lipinski definition) is 4. The van der Waals surface area contributed by atoms with Crippen LogP contribution in [0.25, 0.3) is 22.5 Å². The fourth-order valence-electron chi connectivity index (χ4n) is 3.49. The van der Waals surface area contributed by atoms with E-state index in [0.717, 1.165) is 61.2 Å². The van der Waals surface area contributed by atoms with Crippen LogP contribution in [0.1, 0.15) is 51.9 Å². The Morgan fingerprint density at radius 3 is 1.80 bits per heavy atom. The molecule has 5 nitrogen and oxygen atoms in total. The van der Waals surface area contributed by atoms with Gasteiger partial charge in [0.25, 0.3) is 0 Å². The zero-order valence-corrected chi connectivity index (χ0v) is 17.8. The van der Waals surface area contributed by atoms with Gasteiger partial charge < -0.3 is 4.74 Å². The lowest BCUT2D eigenvalue weighted by Gasteiger charge is -2.03. The zero-order valence-electron chi connectivity index (χ0n) is 17.8. The van der Waals surface area contributed by atoms with Crippen molar-refractivity contribution in [3.8, 4) is 22.5 Å². The Hall–Kier alpha value is -2.95. The van der Waals surface area contributed by atoms with Crippen LogP contribution < -0.4 is 0 Å². The predicted octanol–water partition coefficient (Wildman–Crippen LogP) is 5.91. The van der Waals surface area contributed by atoms with Crippen LogP contribution >= 0.6 is 0 Å². The number of nitrogens with zero attached hydrogens (tertiary/aromatic N) is 3. The second-order valence-corrected chi connectivity index (χ2v) is 7.40.